The molecule has 92 valence electrons. The highest BCUT2D eigenvalue weighted by Gasteiger charge is 2.20. The number of hydrogen-bond donors (Lipinski definition) is 3. The van der Waals surface area contributed by atoms with Crippen LogP contribution in [0.15, 0.2) is 36.4 Å². The van der Waals surface area contributed by atoms with Crippen LogP contribution in [0.5, 0.6) is 5.75 Å². The first-order valence-electron chi connectivity index (χ1n) is 5.59. The number of aliphatic hydroxyl groups excluding tert-OH is 2. The summed E-state index contributed by atoms with van der Waals surface area (Å²) in [6.07, 6.45) is -2.42. The average molecular weight is 243 g/mol. The zero-order valence-electron chi connectivity index (χ0n) is 9.61. The minimum Gasteiger partial charge on any atom is -0.507 e. The lowest BCUT2D eigenvalue weighted by Gasteiger charge is -2.18. The van der Waals surface area contributed by atoms with Crippen molar-refractivity contribution in [2.45, 2.75) is 18.6 Å². The van der Waals surface area contributed by atoms with Gasteiger partial charge >= 0.3 is 0 Å². The minimum absolute atomic E-state index is 0.122. The van der Waals surface area contributed by atoms with Gasteiger partial charge in [-0.25, -0.2) is 0 Å². The Labute approximate surface area is 104 Å². The molecule has 0 aromatic heterocycles. The highest BCUT2D eigenvalue weighted by molar-refractivity contribution is 5.91. The van der Waals surface area contributed by atoms with Crippen molar-refractivity contribution in [3.63, 3.8) is 0 Å². The zero-order valence-corrected chi connectivity index (χ0v) is 9.61. The summed E-state index contributed by atoms with van der Waals surface area (Å²) >= 11 is 0. The maximum Gasteiger partial charge on any atom is 0.123 e. The van der Waals surface area contributed by atoms with E-state index in [0.29, 0.717) is 16.3 Å². The highest BCUT2D eigenvalue weighted by Crippen LogP contribution is 2.32. The summed E-state index contributed by atoms with van der Waals surface area (Å²) in [4.78, 5) is 0. The van der Waals surface area contributed by atoms with E-state index in [-0.39, 0.29) is 12.2 Å². The molecule has 2 unspecified atom stereocenters. The molecule has 0 saturated heterocycles. The van der Waals surface area contributed by atoms with E-state index in [1.54, 1.807) is 30.3 Å². The van der Waals surface area contributed by atoms with Crippen LogP contribution in [-0.2, 0) is 0 Å². The molecule has 2 aromatic rings. The standard InChI is InChI=1S/C14H13NO3/c15-8-7-13(17)14(18)11-5-6-12(16)10-4-2-1-3-9(10)11/h1-6,13-14,16-18H,7H2. The van der Waals surface area contributed by atoms with Crippen LogP contribution in [-0.4, -0.2) is 21.4 Å². The van der Waals surface area contributed by atoms with Gasteiger partial charge in [-0.1, -0.05) is 30.3 Å². The summed E-state index contributed by atoms with van der Waals surface area (Å²) in [6, 6.07) is 11.9. The quantitative estimate of drug-likeness (QED) is 0.768. The molecule has 0 spiro atoms. The number of aromatic hydroxyl groups is 1. The molecule has 0 saturated carbocycles. The van der Waals surface area contributed by atoms with E-state index in [2.05, 4.69) is 0 Å². The van der Waals surface area contributed by atoms with Gasteiger partial charge in [-0.05, 0) is 17.0 Å². The Morgan fingerprint density at radius 1 is 1.06 bits per heavy atom. The van der Waals surface area contributed by atoms with Crippen molar-refractivity contribution < 1.29 is 15.3 Å². The number of phenolic OH excluding ortho intramolecular Hbond substituents is 1. The second-order valence-corrected chi connectivity index (χ2v) is 4.09. The van der Waals surface area contributed by atoms with E-state index in [1.165, 1.54) is 6.07 Å². The predicted octanol–water partition coefficient (Wildman–Crippen LogP) is 1.85. The fraction of sp³-hybridized carbons (Fsp3) is 0.214. The molecule has 0 fully saturated rings. The molecule has 0 aliphatic rings. The van der Waals surface area contributed by atoms with Crippen molar-refractivity contribution >= 4 is 10.8 Å². The maximum atomic E-state index is 10.0. The van der Waals surface area contributed by atoms with Gasteiger partial charge in [0, 0.05) is 5.39 Å². The monoisotopic (exact) mass is 243 g/mol. The van der Waals surface area contributed by atoms with Crippen molar-refractivity contribution in [3.8, 4) is 11.8 Å². The molecule has 4 heteroatoms. The Balaban J connectivity index is 2.52. The second-order valence-electron chi connectivity index (χ2n) is 4.09. The third-order valence-corrected chi connectivity index (χ3v) is 2.92. The Kier molecular flexibility index (Phi) is 3.47. The number of rotatable bonds is 3. The van der Waals surface area contributed by atoms with Gasteiger partial charge in [0.25, 0.3) is 0 Å². The lowest BCUT2D eigenvalue weighted by Crippen LogP contribution is -2.17. The van der Waals surface area contributed by atoms with E-state index in [0.717, 1.165) is 0 Å². The van der Waals surface area contributed by atoms with E-state index in [1.807, 2.05) is 6.07 Å². The van der Waals surface area contributed by atoms with E-state index in [9.17, 15) is 15.3 Å². The first kappa shape index (κ1) is 12.4. The van der Waals surface area contributed by atoms with Crippen LogP contribution in [0, 0.1) is 11.3 Å². The molecule has 0 aliphatic heterocycles. The van der Waals surface area contributed by atoms with Crippen LogP contribution in [0.1, 0.15) is 18.1 Å². The highest BCUT2D eigenvalue weighted by atomic mass is 16.3. The van der Waals surface area contributed by atoms with E-state index >= 15 is 0 Å². The third kappa shape index (κ3) is 2.14. The molecular formula is C14H13NO3. The Hall–Kier alpha value is -2.09. The largest absolute Gasteiger partial charge is 0.507 e. The molecule has 3 N–H and O–H groups in total. The molecule has 0 radical (unpaired) electrons. The summed E-state index contributed by atoms with van der Waals surface area (Å²) in [5.74, 6) is 0.122. The van der Waals surface area contributed by atoms with Gasteiger partial charge in [0.2, 0.25) is 0 Å². The number of hydrogen-bond acceptors (Lipinski definition) is 4. The van der Waals surface area contributed by atoms with Crippen LogP contribution >= 0.6 is 0 Å². The van der Waals surface area contributed by atoms with Crippen LogP contribution in [0.2, 0.25) is 0 Å². The molecular weight excluding hydrogens is 230 g/mol. The summed E-state index contributed by atoms with van der Waals surface area (Å²) in [5, 5.41) is 39.2. The summed E-state index contributed by atoms with van der Waals surface area (Å²) < 4.78 is 0. The second kappa shape index (κ2) is 5.05. The van der Waals surface area contributed by atoms with E-state index in [4.69, 9.17) is 5.26 Å². The van der Waals surface area contributed by atoms with Gasteiger partial charge in [-0.2, -0.15) is 5.26 Å². The molecule has 4 nitrogen and oxygen atoms in total. The van der Waals surface area contributed by atoms with Crippen LogP contribution in [0.4, 0.5) is 0 Å². The third-order valence-electron chi connectivity index (χ3n) is 2.92. The first-order chi connectivity index (χ1) is 8.65. The SMILES string of the molecule is N#CCC(O)C(O)c1ccc(O)c2ccccc12. The lowest BCUT2D eigenvalue weighted by atomic mass is 9.96. The fourth-order valence-corrected chi connectivity index (χ4v) is 1.98. The molecule has 0 heterocycles. The minimum atomic E-state index is -1.14. The molecule has 18 heavy (non-hydrogen) atoms. The number of phenols is 1. The van der Waals surface area contributed by atoms with Gasteiger partial charge in [0.05, 0.1) is 18.6 Å². The Morgan fingerprint density at radius 2 is 1.72 bits per heavy atom. The number of aliphatic hydroxyl groups is 2. The van der Waals surface area contributed by atoms with Crippen molar-refractivity contribution in [3.05, 3.63) is 42.0 Å². The van der Waals surface area contributed by atoms with Gasteiger partial charge in [0.15, 0.2) is 0 Å². The predicted molar refractivity (Wildman–Crippen MR) is 66.8 cm³/mol. The Bertz CT molecular complexity index is 604. The van der Waals surface area contributed by atoms with Crippen LogP contribution in [0.25, 0.3) is 10.8 Å². The molecule has 0 amide bonds. The van der Waals surface area contributed by atoms with Crippen LogP contribution < -0.4 is 0 Å². The van der Waals surface area contributed by atoms with Gasteiger partial charge in [-0.15, -0.1) is 0 Å². The lowest BCUT2D eigenvalue weighted by molar-refractivity contribution is 0.0225. The summed E-state index contributed by atoms with van der Waals surface area (Å²) in [7, 11) is 0. The molecule has 2 atom stereocenters. The molecule has 0 bridgehead atoms. The van der Waals surface area contributed by atoms with Gasteiger partial charge in [0.1, 0.15) is 11.9 Å². The number of nitriles is 1. The van der Waals surface area contributed by atoms with Crippen LogP contribution in [0.3, 0.4) is 0 Å². The van der Waals surface area contributed by atoms with Crippen molar-refractivity contribution in [2.24, 2.45) is 0 Å². The average Bonchev–Trinajstić information content (AvgIpc) is 2.39. The Morgan fingerprint density at radius 3 is 2.39 bits per heavy atom. The maximum absolute atomic E-state index is 10.0. The smallest absolute Gasteiger partial charge is 0.123 e. The van der Waals surface area contributed by atoms with E-state index < -0.39 is 12.2 Å². The summed E-state index contributed by atoms with van der Waals surface area (Å²) in [5.41, 5.74) is 0.506. The number of nitrogens with zero attached hydrogens (tertiary/aromatic N) is 1. The number of fused-ring (bicyclic) bond motifs is 1. The fourth-order valence-electron chi connectivity index (χ4n) is 1.98. The molecule has 2 aromatic carbocycles. The van der Waals surface area contributed by atoms with Crippen molar-refractivity contribution in [2.75, 3.05) is 0 Å². The van der Waals surface area contributed by atoms with Gasteiger partial charge in [-0.3, -0.25) is 0 Å². The first-order valence-corrected chi connectivity index (χ1v) is 5.59. The zero-order chi connectivity index (χ0) is 13.1. The van der Waals surface area contributed by atoms with Crippen molar-refractivity contribution in [1.29, 1.82) is 5.26 Å². The molecule has 0 aliphatic carbocycles. The normalized spacial score (nSPS) is 14.1. The van der Waals surface area contributed by atoms with Gasteiger partial charge < -0.3 is 15.3 Å². The van der Waals surface area contributed by atoms with Crippen molar-refractivity contribution in [1.82, 2.24) is 0 Å². The molecule has 2 rings (SSSR count). The summed E-state index contributed by atoms with van der Waals surface area (Å²) in [6.45, 7) is 0. The topological polar surface area (TPSA) is 84.5 Å². The number of benzene rings is 2.